The minimum absolute atomic E-state index is 0.0977. The Morgan fingerprint density at radius 3 is 2.52 bits per heavy atom. The van der Waals surface area contributed by atoms with Gasteiger partial charge >= 0.3 is 11.9 Å². The largest absolute Gasteiger partial charge is 0.478 e. The number of nitro groups is 1. The number of nitrogens with one attached hydrogen (secondary N) is 1. The highest BCUT2D eigenvalue weighted by Crippen LogP contribution is 2.35. The Morgan fingerprint density at radius 2 is 2.00 bits per heavy atom. The van der Waals surface area contributed by atoms with Gasteiger partial charge in [-0.1, -0.05) is 17.7 Å². The Kier molecular flexibility index (Phi) is 4.32. The van der Waals surface area contributed by atoms with E-state index < -0.39 is 34.2 Å². The second-order valence-electron chi connectivity index (χ2n) is 4.66. The van der Waals surface area contributed by atoms with Crippen LogP contribution in [0.25, 0.3) is 0 Å². The maximum atomic E-state index is 11.5. The van der Waals surface area contributed by atoms with E-state index >= 15 is 0 Å². The van der Waals surface area contributed by atoms with E-state index in [9.17, 15) is 29.9 Å². The molecule has 120 valence electrons. The van der Waals surface area contributed by atoms with Crippen molar-refractivity contribution < 1.29 is 24.7 Å². The summed E-state index contributed by atoms with van der Waals surface area (Å²) in [6, 6.07) is 3.60. The molecule has 1 aromatic rings. The highest BCUT2D eigenvalue weighted by atomic mass is 35.5. The third kappa shape index (κ3) is 2.99. The highest BCUT2D eigenvalue weighted by Gasteiger charge is 2.37. The standard InChI is InChI=1S/C13H10ClN3O6/c1-5-9(12(18)19)10(11(13(20)21)16-15-5)6-2-3-7(14)8(4-6)17(22)23/h2-4,10,15H,1H3,(H,18,19)(H,20,21). The summed E-state index contributed by atoms with van der Waals surface area (Å²) in [4.78, 5) is 33.1. The molecule has 0 spiro atoms. The molecular formula is C13H10ClN3O6. The predicted molar refractivity (Wildman–Crippen MR) is 79.4 cm³/mol. The number of hydrogen-bond donors (Lipinski definition) is 3. The lowest BCUT2D eigenvalue weighted by Gasteiger charge is -2.24. The van der Waals surface area contributed by atoms with Crippen LogP contribution in [0.15, 0.2) is 34.6 Å². The molecule has 1 aromatic carbocycles. The van der Waals surface area contributed by atoms with Gasteiger partial charge in [0.1, 0.15) is 5.02 Å². The molecule has 1 aliphatic heterocycles. The fraction of sp³-hybridized carbons (Fsp3) is 0.154. The van der Waals surface area contributed by atoms with Crippen LogP contribution in [0.2, 0.25) is 5.02 Å². The molecule has 0 saturated heterocycles. The Labute approximate surface area is 134 Å². The average molecular weight is 340 g/mol. The Morgan fingerprint density at radius 1 is 1.35 bits per heavy atom. The Bertz CT molecular complexity index is 786. The molecule has 3 N–H and O–H groups in total. The minimum atomic E-state index is -1.44. The van der Waals surface area contributed by atoms with Crippen molar-refractivity contribution in [2.45, 2.75) is 12.8 Å². The van der Waals surface area contributed by atoms with Crippen LogP contribution in [0.5, 0.6) is 0 Å². The van der Waals surface area contributed by atoms with Gasteiger partial charge in [-0.05, 0) is 18.6 Å². The van der Waals surface area contributed by atoms with E-state index in [-0.39, 0.29) is 21.9 Å². The molecule has 9 nitrogen and oxygen atoms in total. The molecule has 23 heavy (non-hydrogen) atoms. The maximum absolute atomic E-state index is 11.5. The number of aliphatic carboxylic acids is 2. The van der Waals surface area contributed by atoms with Gasteiger partial charge in [-0.25, -0.2) is 9.59 Å². The molecule has 0 bridgehead atoms. The van der Waals surface area contributed by atoms with E-state index in [0.717, 1.165) is 6.07 Å². The van der Waals surface area contributed by atoms with Crippen LogP contribution >= 0.6 is 11.6 Å². The van der Waals surface area contributed by atoms with Crippen LogP contribution in [0, 0.1) is 10.1 Å². The maximum Gasteiger partial charge on any atom is 0.353 e. The molecule has 1 heterocycles. The van der Waals surface area contributed by atoms with Gasteiger partial charge < -0.3 is 10.2 Å². The number of benzene rings is 1. The zero-order chi connectivity index (χ0) is 17.3. The lowest BCUT2D eigenvalue weighted by atomic mass is 9.84. The van der Waals surface area contributed by atoms with Gasteiger partial charge in [-0.15, -0.1) is 0 Å². The lowest BCUT2D eigenvalue weighted by molar-refractivity contribution is -0.384. The van der Waals surface area contributed by atoms with Gasteiger partial charge in [0.15, 0.2) is 5.71 Å². The van der Waals surface area contributed by atoms with Crippen molar-refractivity contribution in [2.75, 3.05) is 0 Å². The molecule has 0 amide bonds. The molecule has 0 fully saturated rings. The number of carboxylic acid groups (broad SMARTS) is 2. The smallest absolute Gasteiger partial charge is 0.353 e. The average Bonchev–Trinajstić information content (AvgIpc) is 2.46. The molecule has 0 radical (unpaired) electrons. The fourth-order valence-electron chi connectivity index (χ4n) is 2.25. The summed E-state index contributed by atoms with van der Waals surface area (Å²) in [5.74, 6) is -4.06. The number of carboxylic acids is 2. The number of carbonyl (C=O) groups is 2. The number of nitro benzene ring substituents is 1. The highest BCUT2D eigenvalue weighted by molar-refractivity contribution is 6.40. The first-order valence-corrected chi connectivity index (χ1v) is 6.56. The quantitative estimate of drug-likeness (QED) is 0.560. The van der Waals surface area contributed by atoms with Crippen molar-refractivity contribution in [3.05, 3.63) is 50.2 Å². The van der Waals surface area contributed by atoms with E-state index in [1.807, 2.05) is 0 Å². The summed E-state index contributed by atoms with van der Waals surface area (Å²) >= 11 is 5.73. The number of rotatable bonds is 4. The van der Waals surface area contributed by atoms with E-state index in [4.69, 9.17) is 11.6 Å². The van der Waals surface area contributed by atoms with Gasteiger partial charge in [-0.3, -0.25) is 15.5 Å². The summed E-state index contributed by atoms with van der Waals surface area (Å²) in [6.07, 6.45) is 0. The number of allylic oxidation sites excluding steroid dienone is 1. The summed E-state index contributed by atoms with van der Waals surface area (Å²) in [6.45, 7) is 1.42. The van der Waals surface area contributed by atoms with Gasteiger partial charge in [-0.2, -0.15) is 5.10 Å². The topological polar surface area (TPSA) is 142 Å². The second-order valence-corrected chi connectivity index (χ2v) is 5.07. The van der Waals surface area contributed by atoms with Crippen molar-refractivity contribution >= 4 is 34.9 Å². The second kappa shape index (κ2) is 6.05. The summed E-state index contributed by atoms with van der Waals surface area (Å²) in [7, 11) is 0. The Hall–Kier alpha value is -2.94. The zero-order valence-electron chi connectivity index (χ0n) is 11.6. The number of nitrogens with zero attached hydrogens (tertiary/aromatic N) is 2. The van der Waals surface area contributed by atoms with Crippen molar-refractivity contribution in [1.82, 2.24) is 5.43 Å². The minimum Gasteiger partial charge on any atom is -0.478 e. The molecule has 0 saturated carbocycles. The van der Waals surface area contributed by atoms with Gasteiger partial charge in [0.05, 0.1) is 16.4 Å². The summed E-state index contributed by atoms with van der Waals surface area (Å²) in [5, 5.41) is 33.1. The first-order valence-electron chi connectivity index (χ1n) is 6.18. The van der Waals surface area contributed by atoms with Crippen LogP contribution < -0.4 is 5.43 Å². The molecular weight excluding hydrogens is 330 g/mol. The van der Waals surface area contributed by atoms with Crippen molar-refractivity contribution in [2.24, 2.45) is 5.10 Å². The van der Waals surface area contributed by atoms with Crippen LogP contribution in [0.1, 0.15) is 18.4 Å². The normalized spacial score (nSPS) is 17.3. The Balaban J connectivity index is 2.68. The van der Waals surface area contributed by atoms with Gasteiger partial charge in [0.25, 0.3) is 5.69 Å². The van der Waals surface area contributed by atoms with E-state index in [1.54, 1.807) is 0 Å². The summed E-state index contributed by atoms with van der Waals surface area (Å²) in [5.41, 5.74) is 1.39. The van der Waals surface area contributed by atoms with Crippen LogP contribution in [0.4, 0.5) is 5.69 Å². The molecule has 1 aliphatic rings. The predicted octanol–water partition coefficient (Wildman–Crippen LogP) is 1.73. The SMILES string of the molecule is CC1=C(C(=O)O)C(c2ccc(Cl)c([N+](=O)[O-])c2)C(C(=O)O)=NN1. The molecule has 0 aromatic heterocycles. The molecule has 1 atom stereocenters. The van der Waals surface area contributed by atoms with Crippen molar-refractivity contribution in [1.29, 1.82) is 0 Å². The van der Waals surface area contributed by atoms with Crippen LogP contribution in [-0.4, -0.2) is 32.8 Å². The molecule has 1 unspecified atom stereocenters. The first-order chi connectivity index (χ1) is 10.7. The number of hydrogen-bond acceptors (Lipinski definition) is 6. The van der Waals surface area contributed by atoms with E-state index in [1.165, 1.54) is 19.1 Å². The monoisotopic (exact) mass is 339 g/mol. The lowest BCUT2D eigenvalue weighted by Crippen LogP contribution is -2.34. The molecule has 10 heteroatoms. The van der Waals surface area contributed by atoms with Crippen molar-refractivity contribution in [3.8, 4) is 0 Å². The first kappa shape index (κ1) is 16.4. The van der Waals surface area contributed by atoms with E-state index in [0.29, 0.717) is 0 Å². The molecule has 2 rings (SSSR count). The third-order valence-electron chi connectivity index (χ3n) is 3.26. The van der Waals surface area contributed by atoms with Crippen molar-refractivity contribution in [3.63, 3.8) is 0 Å². The zero-order valence-corrected chi connectivity index (χ0v) is 12.4. The number of hydrazone groups is 1. The summed E-state index contributed by atoms with van der Waals surface area (Å²) < 4.78 is 0. The third-order valence-corrected chi connectivity index (χ3v) is 3.58. The van der Waals surface area contributed by atoms with Gasteiger partial charge in [0, 0.05) is 11.8 Å². The van der Waals surface area contributed by atoms with Crippen LogP contribution in [0.3, 0.4) is 0 Å². The fourth-order valence-corrected chi connectivity index (χ4v) is 2.44. The molecule has 0 aliphatic carbocycles. The van der Waals surface area contributed by atoms with Crippen LogP contribution in [-0.2, 0) is 9.59 Å². The number of halogens is 1. The van der Waals surface area contributed by atoms with E-state index in [2.05, 4.69) is 10.5 Å². The van der Waals surface area contributed by atoms with Gasteiger partial charge in [0.2, 0.25) is 0 Å².